The van der Waals surface area contributed by atoms with E-state index in [4.69, 9.17) is 4.42 Å². The second kappa shape index (κ2) is 8.23. The molecule has 1 aromatic rings. The summed E-state index contributed by atoms with van der Waals surface area (Å²) in [5.41, 5.74) is 0. The number of amides is 2. The third-order valence-electron chi connectivity index (χ3n) is 5.59. The first-order chi connectivity index (χ1) is 12.0. The predicted molar refractivity (Wildman–Crippen MR) is 98.7 cm³/mol. The number of rotatable bonds is 5. The Bertz CT molecular complexity index is 564. The Morgan fingerprint density at radius 2 is 2.00 bits per heavy atom. The van der Waals surface area contributed by atoms with Crippen LogP contribution in [-0.4, -0.2) is 73.6 Å². The molecular weight excluding hydrogens is 316 g/mol. The summed E-state index contributed by atoms with van der Waals surface area (Å²) in [6.45, 7) is 6.65. The molecular formula is C19H32N4O2. The molecule has 2 amide bonds. The van der Waals surface area contributed by atoms with Crippen molar-refractivity contribution < 1.29 is 9.21 Å². The van der Waals surface area contributed by atoms with Crippen LogP contribution in [0.3, 0.4) is 0 Å². The van der Waals surface area contributed by atoms with Crippen LogP contribution in [-0.2, 0) is 0 Å². The van der Waals surface area contributed by atoms with Gasteiger partial charge in [0.2, 0.25) is 0 Å². The fourth-order valence-electron chi connectivity index (χ4n) is 4.02. The highest BCUT2D eigenvalue weighted by atomic mass is 16.3. The van der Waals surface area contributed by atoms with Gasteiger partial charge in [0.25, 0.3) is 0 Å². The van der Waals surface area contributed by atoms with Crippen molar-refractivity contribution in [3.63, 3.8) is 0 Å². The van der Waals surface area contributed by atoms with Gasteiger partial charge in [0.05, 0.1) is 6.04 Å². The van der Waals surface area contributed by atoms with E-state index in [1.165, 1.54) is 12.8 Å². The van der Waals surface area contributed by atoms with Crippen molar-refractivity contribution in [3.05, 3.63) is 23.7 Å². The number of hydrogen-bond donors (Lipinski definition) is 1. The standard InChI is InChI=1S/C19H32N4O2/c1-15-6-7-18(25-15)17-5-4-11-23(17)19(24)20-10-14-22-12-8-16(9-13-22)21(2)3/h6-7,16-17H,4-5,8-14H2,1-3H3,(H,20,24)/t17-/m1/s1. The Kier molecular flexibility index (Phi) is 6.02. The summed E-state index contributed by atoms with van der Waals surface area (Å²) in [5, 5.41) is 3.11. The molecule has 2 aliphatic rings. The molecule has 2 fully saturated rings. The topological polar surface area (TPSA) is 52.0 Å². The molecule has 6 heteroatoms. The maximum Gasteiger partial charge on any atom is 0.318 e. The van der Waals surface area contributed by atoms with Gasteiger partial charge in [-0.25, -0.2) is 4.79 Å². The largest absolute Gasteiger partial charge is 0.464 e. The van der Waals surface area contributed by atoms with Gasteiger partial charge in [0, 0.05) is 25.7 Å². The zero-order chi connectivity index (χ0) is 17.8. The normalized spacial score (nSPS) is 22.7. The SMILES string of the molecule is Cc1ccc([C@H]2CCCN2C(=O)NCCN2CCC(N(C)C)CC2)o1. The van der Waals surface area contributed by atoms with Crippen LogP contribution in [0.2, 0.25) is 0 Å². The third kappa shape index (κ3) is 4.55. The molecule has 2 saturated heterocycles. The van der Waals surface area contributed by atoms with E-state index in [2.05, 4.69) is 29.2 Å². The van der Waals surface area contributed by atoms with Gasteiger partial charge in [-0.05, 0) is 71.9 Å². The minimum absolute atomic E-state index is 0.0414. The number of carbonyl (C=O) groups is 1. The van der Waals surface area contributed by atoms with E-state index in [9.17, 15) is 4.79 Å². The van der Waals surface area contributed by atoms with E-state index in [-0.39, 0.29) is 12.1 Å². The number of likely N-dealkylation sites (tertiary alicyclic amines) is 2. The van der Waals surface area contributed by atoms with Crippen molar-refractivity contribution in [1.82, 2.24) is 20.0 Å². The maximum absolute atomic E-state index is 12.6. The van der Waals surface area contributed by atoms with Gasteiger partial charge < -0.3 is 24.4 Å². The molecule has 0 spiro atoms. The first kappa shape index (κ1) is 18.3. The molecule has 0 radical (unpaired) electrons. The molecule has 1 atom stereocenters. The molecule has 3 rings (SSSR count). The van der Waals surface area contributed by atoms with Gasteiger partial charge in [-0.3, -0.25) is 0 Å². The summed E-state index contributed by atoms with van der Waals surface area (Å²) < 4.78 is 5.74. The lowest BCUT2D eigenvalue weighted by atomic mass is 10.0. The monoisotopic (exact) mass is 348 g/mol. The number of hydrogen-bond acceptors (Lipinski definition) is 4. The first-order valence-electron chi connectivity index (χ1n) is 9.54. The van der Waals surface area contributed by atoms with Crippen LogP contribution in [0.25, 0.3) is 0 Å². The van der Waals surface area contributed by atoms with Crippen LogP contribution >= 0.6 is 0 Å². The average Bonchev–Trinajstić information content (AvgIpc) is 3.23. The lowest BCUT2D eigenvalue weighted by Gasteiger charge is -2.35. The van der Waals surface area contributed by atoms with Gasteiger partial charge in [-0.1, -0.05) is 0 Å². The Morgan fingerprint density at radius 3 is 2.64 bits per heavy atom. The minimum Gasteiger partial charge on any atom is -0.464 e. The molecule has 6 nitrogen and oxygen atoms in total. The Morgan fingerprint density at radius 1 is 1.24 bits per heavy atom. The van der Waals surface area contributed by atoms with Crippen LogP contribution in [0, 0.1) is 6.92 Å². The molecule has 1 N–H and O–H groups in total. The van der Waals surface area contributed by atoms with Crippen LogP contribution in [0.1, 0.15) is 43.2 Å². The quantitative estimate of drug-likeness (QED) is 0.888. The fraction of sp³-hybridized carbons (Fsp3) is 0.737. The van der Waals surface area contributed by atoms with Crippen LogP contribution < -0.4 is 5.32 Å². The van der Waals surface area contributed by atoms with Gasteiger partial charge in [-0.15, -0.1) is 0 Å². The van der Waals surface area contributed by atoms with E-state index in [1.807, 2.05) is 24.0 Å². The minimum atomic E-state index is 0.0414. The molecule has 1 aromatic heterocycles. The van der Waals surface area contributed by atoms with Gasteiger partial charge >= 0.3 is 6.03 Å². The molecule has 3 heterocycles. The van der Waals surface area contributed by atoms with Crippen LogP contribution in [0.4, 0.5) is 4.79 Å². The summed E-state index contributed by atoms with van der Waals surface area (Å²) in [6, 6.07) is 4.80. The van der Waals surface area contributed by atoms with Gasteiger partial charge in [0.1, 0.15) is 11.5 Å². The number of furan rings is 1. The molecule has 0 aromatic carbocycles. The summed E-state index contributed by atoms with van der Waals surface area (Å²) in [6.07, 6.45) is 4.45. The number of carbonyl (C=O) groups excluding carboxylic acids is 1. The number of piperidine rings is 1. The van der Waals surface area contributed by atoms with E-state index in [0.717, 1.165) is 50.5 Å². The summed E-state index contributed by atoms with van der Waals surface area (Å²) in [5.74, 6) is 1.82. The van der Waals surface area contributed by atoms with Crippen molar-refractivity contribution in [2.45, 2.75) is 44.7 Å². The third-order valence-corrected chi connectivity index (χ3v) is 5.59. The van der Waals surface area contributed by atoms with Crippen molar-refractivity contribution in [2.75, 3.05) is 46.8 Å². The number of nitrogens with one attached hydrogen (secondary N) is 1. The van der Waals surface area contributed by atoms with Crippen molar-refractivity contribution in [3.8, 4) is 0 Å². The van der Waals surface area contributed by atoms with Crippen LogP contribution in [0.5, 0.6) is 0 Å². The van der Waals surface area contributed by atoms with E-state index >= 15 is 0 Å². The highest BCUT2D eigenvalue weighted by molar-refractivity contribution is 5.75. The lowest BCUT2D eigenvalue weighted by Crippen LogP contribution is -2.46. The van der Waals surface area contributed by atoms with Gasteiger partial charge in [-0.2, -0.15) is 0 Å². The predicted octanol–water partition coefficient (Wildman–Crippen LogP) is 2.46. The Balaban J connectivity index is 1.42. The molecule has 2 aliphatic heterocycles. The number of nitrogens with zero attached hydrogens (tertiary/aromatic N) is 3. The lowest BCUT2D eigenvalue weighted by molar-refractivity contribution is 0.143. The maximum atomic E-state index is 12.6. The zero-order valence-corrected chi connectivity index (χ0v) is 15.8. The van der Waals surface area contributed by atoms with E-state index < -0.39 is 0 Å². The zero-order valence-electron chi connectivity index (χ0n) is 15.8. The summed E-state index contributed by atoms with van der Waals surface area (Å²) in [7, 11) is 4.32. The second-order valence-corrected chi connectivity index (χ2v) is 7.57. The van der Waals surface area contributed by atoms with Crippen LogP contribution in [0.15, 0.2) is 16.5 Å². The molecule has 0 bridgehead atoms. The average molecular weight is 348 g/mol. The highest BCUT2D eigenvalue weighted by Crippen LogP contribution is 2.32. The van der Waals surface area contributed by atoms with E-state index in [1.54, 1.807) is 0 Å². The van der Waals surface area contributed by atoms with Crippen molar-refractivity contribution >= 4 is 6.03 Å². The Hall–Kier alpha value is -1.53. The summed E-state index contributed by atoms with van der Waals surface area (Å²) in [4.78, 5) is 19.3. The van der Waals surface area contributed by atoms with Crippen molar-refractivity contribution in [1.29, 1.82) is 0 Å². The Labute approximate surface area is 151 Å². The summed E-state index contributed by atoms with van der Waals surface area (Å²) >= 11 is 0. The fourth-order valence-corrected chi connectivity index (χ4v) is 4.02. The second-order valence-electron chi connectivity index (χ2n) is 7.57. The number of urea groups is 1. The number of aryl methyl sites for hydroxylation is 1. The first-order valence-corrected chi connectivity index (χ1v) is 9.54. The smallest absolute Gasteiger partial charge is 0.318 e. The highest BCUT2D eigenvalue weighted by Gasteiger charge is 2.32. The molecule has 140 valence electrons. The van der Waals surface area contributed by atoms with Gasteiger partial charge in [0.15, 0.2) is 0 Å². The van der Waals surface area contributed by atoms with Crippen molar-refractivity contribution in [2.24, 2.45) is 0 Å². The molecule has 0 saturated carbocycles. The molecule has 0 aliphatic carbocycles. The molecule has 25 heavy (non-hydrogen) atoms. The van der Waals surface area contributed by atoms with E-state index in [0.29, 0.717) is 12.6 Å². The molecule has 0 unspecified atom stereocenters.